The summed E-state index contributed by atoms with van der Waals surface area (Å²) in [5.41, 5.74) is 11.0. The van der Waals surface area contributed by atoms with Crippen LogP contribution in [0.1, 0.15) is 48.5 Å². The molecule has 4 rings (SSSR count). The predicted octanol–water partition coefficient (Wildman–Crippen LogP) is 4.24. The van der Waals surface area contributed by atoms with E-state index in [-0.39, 0.29) is 109 Å². The molecule has 32 heteroatoms. The summed E-state index contributed by atoms with van der Waals surface area (Å²) < 4.78 is 30.3. The number of halogens is 5. The van der Waals surface area contributed by atoms with Gasteiger partial charge in [0, 0.05) is 0 Å². The number of esters is 3. The molecular weight excluding hydrogens is 1550 g/mol. The third kappa shape index (κ3) is 23.2. The van der Waals surface area contributed by atoms with Crippen LogP contribution in [0.5, 0.6) is 0 Å². The van der Waals surface area contributed by atoms with Crippen LogP contribution in [0.3, 0.4) is 0 Å². The summed E-state index contributed by atoms with van der Waals surface area (Å²) in [7, 11) is 5.22. The fourth-order valence-corrected chi connectivity index (χ4v) is 6.02. The second-order valence-corrected chi connectivity index (χ2v) is 62.5. The molecule has 373 valence electrons. The fraction of sp³-hybridized carbons (Fsp3) is 0.618. The Bertz CT molecular complexity index is 2210. The van der Waals surface area contributed by atoms with Crippen LogP contribution in [-0.2, 0) is 65.9 Å². The first-order chi connectivity index (χ1) is 31.1. The summed E-state index contributed by atoms with van der Waals surface area (Å²) >= 11 is 12.1. The van der Waals surface area contributed by atoms with Gasteiger partial charge in [-0.25, -0.2) is 9.97 Å². The standard InChI is InChI=1S/C20H33N6O6P.C14H23N6O5P.5HI.2V/c1-10(2)12(5)18(28)30-6-13(7-31-19(29)14(25-33)11(3)4)32-9-26-8-22-15-16(26)23-20(21)24-17(15)27;1-7(2)9(19-26)13(23)24-4-8(3-21)25-6-20-5-16-10-11(20)17-14(15)18-12(10)22;;;;;;;/h8,10-14,25H,6-7,9,33H2,1-5H3,(H3,21,23,24,27);5,7-9,19,21H,3-4,6,26H2,1-2H3,(H3,15,17,18,22);5*1H;;/q;;;;;;;+2;+3/p-5/t12-,13?,14+;8?,9-;;;;;;;/m01......./s1. The van der Waals surface area contributed by atoms with Crippen molar-refractivity contribution in [2.45, 2.75) is 86.2 Å². The van der Waals surface area contributed by atoms with Crippen LogP contribution in [0.15, 0.2) is 22.2 Å². The maximum atomic E-state index is 12.4. The Morgan fingerprint density at radius 1 is 0.727 bits per heavy atom. The molecule has 0 aliphatic rings. The number of nitrogens with one attached hydrogen (secondary N) is 4. The summed E-state index contributed by atoms with van der Waals surface area (Å²) in [6, 6.07) is -0.994. The number of hydrogen-bond acceptors (Lipinski definition) is 19. The zero-order valence-corrected chi connectivity index (χ0v) is 52.7. The van der Waals surface area contributed by atoms with Gasteiger partial charge in [-0.1, -0.05) is 67.2 Å². The van der Waals surface area contributed by atoms with E-state index in [0.717, 1.165) is 0 Å². The molecule has 0 spiro atoms. The van der Waals surface area contributed by atoms with Gasteiger partial charge >= 0.3 is 132 Å². The van der Waals surface area contributed by atoms with E-state index in [1.807, 2.05) is 41.5 Å². The number of H-pyrrole nitrogens is 2. The number of imidazole rings is 2. The predicted molar refractivity (Wildman–Crippen MR) is 292 cm³/mol. The molecule has 0 amide bonds. The minimum absolute atomic E-state index is 0.00558. The van der Waals surface area contributed by atoms with E-state index in [1.165, 1.54) is 21.8 Å². The number of carbonyl (C=O) groups excluding carboxylic acids is 3. The normalized spacial score (nSPS) is 13.4. The summed E-state index contributed by atoms with van der Waals surface area (Å²) in [5, 5.41) is 15.1. The number of aromatic nitrogens is 8. The Kier molecular flexibility index (Phi) is 33.6. The molecule has 4 heterocycles. The molecule has 66 heavy (non-hydrogen) atoms. The third-order valence-corrected chi connectivity index (χ3v) is 9.61. The van der Waals surface area contributed by atoms with Gasteiger partial charge in [0.2, 0.25) is 11.9 Å². The molecule has 4 aromatic heterocycles. The van der Waals surface area contributed by atoms with E-state index < -0.39 is 47.3 Å². The first-order valence-electron chi connectivity index (χ1n) is 19.4. The van der Waals surface area contributed by atoms with E-state index in [9.17, 15) is 29.1 Å². The summed E-state index contributed by atoms with van der Waals surface area (Å²) in [6.45, 7) is 12.3. The third-order valence-electron chi connectivity index (χ3n) is 8.90. The number of fused-ring (bicyclic) bond motifs is 2. The Morgan fingerprint density at radius 3 is 1.41 bits per heavy atom. The first kappa shape index (κ1) is 64.2. The number of nitrogens with two attached hydrogens (primary N) is 2. The summed E-state index contributed by atoms with van der Waals surface area (Å²) in [6.07, 6.45) is 1.26. The molecule has 4 unspecified atom stereocenters. The van der Waals surface area contributed by atoms with Crippen LogP contribution in [0.4, 0.5) is 11.9 Å². The van der Waals surface area contributed by atoms with Crippen molar-refractivity contribution in [2.24, 2.45) is 23.7 Å². The van der Waals surface area contributed by atoms with Gasteiger partial charge in [-0.3, -0.25) is 53.2 Å². The van der Waals surface area contributed by atoms with Crippen LogP contribution in [0.2, 0.25) is 0 Å². The summed E-state index contributed by atoms with van der Waals surface area (Å²) in [5.74, 6) is -1.49. The molecule has 4 aromatic rings. The van der Waals surface area contributed by atoms with Crippen LogP contribution in [0.25, 0.3) is 22.3 Å². The second kappa shape index (κ2) is 34.5. The molecule has 7 atom stereocenters. The van der Waals surface area contributed by atoms with E-state index in [0.29, 0.717) is 9.47 Å². The van der Waals surface area contributed by atoms with Crippen molar-refractivity contribution < 1.29 is 57.6 Å². The van der Waals surface area contributed by atoms with Crippen molar-refractivity contribution in [3.63, 3.8) is 0 Å². The number of carbonyl (C=O) groups is 3. The Labute approximate surface area is 453 Å². The number of rotatable bonds is 21. The van der Waals surface area contributed by atoms with Crippen LogP contribution in [-0.4, -0.2) is 113 Å². The minimum atomic E-state index is -0.758. The molecule has 0 aliphatic carbocycles. The first-order valence-corrected chi connectivity index (χ1v) is 43.1. The Morgan fingerprint density at radius 2 is 1.08 bits per heavy atom. The average molecular weight is 1610 g/mol. The average Bonchev–Trinajstić information content (AvgIpc) is 3.84. The van der Waals surface area contributed by atoms with Gasteiger partial charge in [0.05, 0.1) is 25.2 Å². The number of hydrogen-bond donors (Lipinski definition) is 7. The number of aliphatic hydroxyl groups excluding tert-OH is 1. The number of aromatic amines is 2. The van der Waals surface area contributed by atoms with Crippen LogP contribution < -0.4 is 32.8 Å². The molecule has 0 aromatic carbocycles. The van der Waals surface area contributed by atoms with Gasteiger partial charge < -0.3 is 40.3 Å². The van der Waals surface area contributed by atoms with Crippen LogP contribution in [0, 0.1) is 23.7 Å². The number of nitrogens with zero attached hydrogens (tertiary/aromatic N) is 6. The van der Waals surface area contributed by atoms with Crippen molar-refractivity contribution in [3.8, 4) is 0 Å². The molecule has 0 fully saturated rings. The van der Waals surface area contributed by atoms with Gasteiger partial charge in [0.1, 0.15) is 57.6 Å². The monoisotopic (exact) mass is 1610 g/mol. The van der Waals surface area contributed by atoms with Crippen molar-refractivity contribution >= 4 is 171 Å². The number of anilines is 2. The van der Waals surface area contributed by atoms with Gasteiger partial charge in [-0.05, 0) is 17.8 Å². The molecule has 0 saturated carbocycles. The number of nitrogen functional groups attached to an aromatic ring is 2. The zero-order chi connectivity index (χ0) is 50.3. The Balaban J connectivity index is 0.000000589. The van der Waals surface area contributed by atoms with E-state index >= 15 is 0 Å². The zero-order valence-electron chi connectivity index (χ0n) is 36.8. The molecule has 0 saturated heterocycles. The molecule has 23 nitrogen and oxygen atoms in total. The van der Waals surface area contributed by atoms with E-state index in [2.05, 4.69) is 159 Å². The quantitative estimate of drug-likeness (QED) is 0.0266. The van der Waals surface area contributed by atoms with Crippen molar-refractivity contribution in [2.75, 3.05) is 37.9 Å². The number of ether oxygens (including phenoxy) is 5. The maximum absolute atomic E-state index is 12.4. The molecule has 0 aliphatic heterocycles. The van der Waals surface area contributed by atoms with Crippen molar-refractivity contribution in [1.29, 1.82) is 0 Å². The molecule has 0 radical (unpaired) electrons. The fourth-order valence-electron chi connectivity index (χ4n) is 4.97. The van der Waals surface area contributed by atoms with Gasteiger partial charge in [-0.15, -0.1) is 0 Å². The molecule has 0 bridgehead atoms. The number of aliphatic hydroxyl groups is 1. The van der Waals surface area contributed by atoms with Gasteiger partial charge in [0.15, 0.2) is 22.3 Å². The van der Waals surface area contributed by atoms with Gasteiger partial charge in [0.25, 0.3) is 11.1 Å². The molecule has 9 N–H and O–H groups in total. The van der Waals surface area contributed by atoms with Crippen molar-refractivity contribution in [1.82, 2.24) is 49.2 Å². The Hall–Kier alpha value is 0.189. The van der Waals surface area contributed by atoms with E-state index in [1.54, 1.807) is 6.92 Å². The van der Waals surface area contributed by atoms with E-state index in [4.69, 9.17) is 35.2 Å². The van der Waals surface area contributed by atoms with Crippen LogP contribution >= 0.6 is 119 Å². The second-order valence-electron chi connectivity index (χ2n) is 14.6. The summed E-state index contributed by atoms with van der Waals surface area (Å²) in [4.78, 5) is 80.9. The van der Waals surface area contributed by atoms with Gasteiger partial charge in [-0.2, -0.15) is 9.97 Å². The SMILES string of the molecule is CC(C)[C@@H](NP)C(=O)OCC(CO)OCn1cnc2c(=O)[nH]c(N)nc21.CC(C)[C@H](C)C(=O)OCC(COC(=O)[C@H](NP)C(C)C)OCn1cnc2c(=O)[nH]c(N)nc21.[I][V]([I])[I].[I][V][I]. The molecular formula is C34H56I5N12O11P2V2. The van der Waals surface area contributed by atoms with Crippen molar-refractivity contribution in [3.05, 3.63) is 33.4 Å². The topological polar surface area (TPSA) is 321 Å².